The molecule has 5 heteroatoms. The summed E-state index contributed by atoms with van der Waals surface area (Å²) < 4.78 is 34.5. The first-order valence-corrected chi connectivity index (χ1v) is 7.60. The summed E-state index contributed by atoms with van der Waals surface area (Å²) in [6.45, 7) is 0. The summed E-state index contributed by atoms with van der Waals surface area (Å²) in [5.41, 5.74) is 6.86. The van der Waals surface area contributed by atoms with Crippen molar-refractivity contribution in [1.29, 1.82) is 0 Å². The quantitative estimate of drug-likeness (QED) is 0.842. The average Bonchev–Trinajstić information content (AvgIpc) is 2.19. The normalized spacial score (nSPS) is 13.6. The summed E-state index contributed by atoms with van der Waals surface area (Å²) in [7, 11) is -2.90. The molecule has 0 aliphatic carbocycles. The minimum atomic E-state index is -2.90. The van der Waals surface area contributed by atoms with Crippen LogP contribution in [-0.4, -0.2) is 26.5 Å². The van der Waals surface area contributed by atoms with Gasteiger partial charge >= 0.3 is 0 Å². The van der Waals surface area contributed by atoms with Gasteiger partial charge in [-0.2, -0.15) is 0 Å². The Bertz CT molecular complexity index is 442. The molecule has 1 aromatic carbocycles. The van der Waals surface area contributed by atoms with Crippen LogP contribution in [-0.2, 0) is 16.3 Å². The van der Waals surface area contributed by atoms with Crippen LogP contribution in [0.5, 0.6) is 0 Å². The largest absolute Gasteiger partial charge is 0.327 e. The van der Waals surface area contributed by atoms with E-state index in [2.05, 4.69) is 0 Å². The second-order valence-electron chi connectivity index (χ2n) is 4.36. The lowest BCUT2D eigenvalue weighted by Crippen LogP contribution is -2.23. The van der Waals surface area contributed by atoms with Gasteiger partial charge < -0.3 is 5.73 Å². The maximum absolute atomic E-state index is 12.7. The molecule has 0 spiro atoms. The minimum Gasteiger partial charge on any atom is -0.327 e. The van der Waals surface area contributed by atoms with Crippen LogP contribution in [0.4, 0.5) is 4.39 Å². The van der Waals surface area contributed by atoms with Crippen LogP contribution in [0.3, 0.4) is 0 Å². The number of hydrogen-bond acceptors (Lipinski definition) is 3. The molecule has 0 bridgehead atoms. The number of rotatable bonds is 6. The van der Waals surface area contributed by atoms with Gasteiger partial charge in [0.25, 0.3) is 0 Å². The number of sulfone groups is 1. The Morgan fingerprint density at radius 1 is 1.29 bits per heavy atom. The third kappa shape index (κ3) is 6.38. The zero-order valence-electron chi connectivity index (χ0n) is 9.90. The fourth-order valence-electron chi connectivity index (χ4n) is 1.63. The average molecular weight is 259 g/mol. The Labute approximate surface area is 102 Å². The molecule has 2 N–H and O–H groups in total. The molecule has 0 aliphatic heterocycles. The van der Waals surface area contributed by atoms with E-state index in [1.54, 1.807) is 12.1 Å². The molecule has 1 rings (SSSR count). The van der Waals surface area contributed by atoms with Gasteiger partial charge in [-0.1, -0.05) is 12.1 Å². The van der Waals surface area contributed by atoms with Crippen molar-refractivity contribution < 1.29 is 12.8 Å². The molecule has 0 heterocycles. The smallest absolute Gasteiger partial charge is 0.147 e. The SMILES string of the molecule is CS(=O)(=O)CCCC(N)Cc1ccc(F)cc1. The van der Waals surface area contributed by atoms with Crippen molar-refractivity contribution in [3.63, 3.8) is 0 Å². The van der Waals surface area contributed by atoms with Crippen LogP contribution in [0.1, 0.15) is 18.4 Å². The van der Waals surface area contributed by atoms with Crippen LogP contribution in [0, 0.1) is 5.82 Å². The summed E-state index contributed by atoms with van der Waals surface area (Å²) in [6, 6.07) is 6.12. The topological polar surface area (TPSA) is 60.2 Å². The van der Waals surface area contributed by atoms with E-state index in [0.29, 0.717) is 19.3 Å². The molecule has 96 valence electrons. The molecule has 1 aromatic rings. The highest BCUT2D eigenvalue weighted by atomic mass is 32.2. The molecule has 1 unspecified atom stereocenters. The van der Waals surface area contributed by atoms with E-state index < -0.39 is 9.84 Å². The third-order valence-corrected chi connectivity index (χ3v) is 3.53. The first-order valence-electron chi connectivity index (χ1n) is 5.54. The monoisotopic (exact) mass is 259 g/mol. The second-order valence-corrected chi connectivity index (χ2v) is 6.62. The fraction of sp³-hybridized carbons (Fsp3) is 0.500. The van der Waals surface area contributed by atoms with Crippen LogP contribution < -0.4 is 5.73 Å². The van der Waals surface area contributed by atoms with Crippen molar-refractivity contribution in [2.24, 2.45) is 5.73 Å². The molecule has 0 amide bonds. The zero-order valence-corrected chi connectivity index (χ0v) is 10.7. The van der Waals surface area contributed by atoms with Crippen molar-refractivity contribution in [2.45, 2.75) is 25.3 Å². The van der Waals surface area contributed by atoms with Crippen LogP contribution in [0.15, 0.2) is 24.3 Å². The molecule has 0 fully saturated rings. The lowest BCUT2D eigenvalue weighted by atomic mass is 10.0. The highest BCUT2D eigenvalue weighted by Gasteiger charge is 2.07. The summed E-state index contributed by atoms with van der Waals surface area (Å²) in [6.07, 6.45) is 3.09. The van der Waals surface area contributed by atoms with Gasteiger partial charge in [0.05, 0.1) is 0 Å². The van der Waals surface area contributed by atoms with Gasteiger partial charge in [-0.15, -0.1) is 0 Å². The molecular weight excluding hydrogens is 241 g/mol. The van der Waals surface area contributed by atoms with E-state index in [-0.39, 0.29) is 17.6 Å². The Morgan fingerprint density at radius 3 is 2.41 bits per heavy atom. The van der Waals surface area contributed by atoms with Crippen LogP contribution >= 0.6 is 0 Å². The van der Waals surface area contributed by atoms with E-state index in [4.69, 9.17) is 5.73 Å². The first kappa shape index (κ1) is 14.1. The number of halogens is 1. The third-order valence-electron chi connectivity index (χ3n) is 2.50. The van der Waals surface area contributed by atoms with Crippen molar-refractivity contribution in [2.75, 3.05) is 12.0 Å². The molecule has 3 nitrogen and oxygen atoms in total. The van der Waals surface area contributed by atoms with Gasteiger partial charge in [-0.05, 0) is 37.0 Å². The van der Waals surface area contributed by atoms with Gasteiger partial charge in [-0.25, -0.2) is 12.8 Å². The van der Waals surface area contributed by atoms with Crippen molar-refractivity contribution in [3.05, 3.63) is 35.6 Å². The van der Waals surface area contributed by atoms with Gasteiger partial charge in [-0.3, -0.25) is 0 Å². The van der Waals surface area contributed by atoms with E-state index in [1.165, 1.54) is 18.4 Å². The summed E-state index contributed by atoms with van der Waals surface area (Å²) >= 11 is 0. The Morgan fingerprint density at radius 2 is 1.88 bits per heavy atom. The lowest BCUT2D eigenvalue weighted by molar-refractivity contribution is 0.576. The first-order chi connectivity index (χ1) is 7.87. The van der Waals surface area contributed by atoms with Gasteiger partial charge in [0, 0.05) is 18.1 Å². The van der Waals surface area contributed by atoms with E-state index in [1.807, 2.05) is 0 Å². The number of hydrogen-bond donors (Lipinski definition) is 1. The Kier molecular flexibility index (Phi) is 5.08. The lowest BCUT2D eigenvalue weighted by Gasteiger charge is -2.11. The molecule has 17 heavy (non-hydrogen) atoms. The van der Waals surface area contributed by atoms with E-state index in [0.717, 1.165) is 5.56 Å². The molecule has 0 aliphatic rings. The Hall–Kier alpha value is -0.940. The maximum Gasteiger partial charge on any atom is 0.147 e. The standard InChI is InChI=1S/C12H18FNO2S/c1-17(15,16)8-2-3-12(14)9-10-4-6-11(13)7-5-10/h4-7,12H,2-3,8-9,14H2,1H3. The summed E-state index contributed by atoms with van der Waals surface area (Å²) in [5, 5.41) is 0. The molecule has 1 atom stereocenters. The molecule has 0 saturated heterocycles. The van der Waals surface area contributed by atoms with Gasteiger partial charge in [0.15, 0.2) is 0 Å². The number of nitrogens with two attached hydrogens (primary N) is 1. The molecule has 0 saturated carbocycles. The maximum atomic E-state index is 12.7. The Balaban J connectivity index is 2.34. The minimum absolute atomic E-state index is 0.0813. The van der Waals surface area contributed by atoms with E-state index >= 15 is 0 Å². The van der Waals surface area contributed by atoms with Crippen molar-refractivity contribution >= 4 is 9.84 Å². The predicted molar refractivity (Wildman–Crippen MR) is 67.0 cm³/mol. The highest BCUT2D eigenvalue weighted by Crippen LogP contribution is 2.08. The highest BCUT2D eigenvalue weighted by molar-refractivity contribution is 7.90. The van der Waals surface area contributed by atoms with Crippen LogP contribution in [0.2, 0.25) is 0 Å². The molecule has 0 aromatic heterocycles. The number of benzene rings is 1. The van der Waals surface area contributed by atoms with Gasteiger partial charge in [0.1, 0.15) is 15.7 Å². The fourth-order valence-corrected chi connectivity index (χ4v) is 2.32. The van der Waals surface area contributed by atoms with Crippen molar-refractivity contribution in [1.82, 2.24) is 0 Å². The molecular formula is C12H18FNO2S. The summed E-state index contributed by atoms with van der Waals surface area (Å²) in [5.74, 6) is -0.0937. The van der Waals surface area contributed by atoms with Gasteiger partial charge in [0.2, 0.25) is 0 Å². The summed E-state index contributed by atoms with van der Waals surface area (Å²) in [4.78, 5) is 0. The molecule has 0 radical (unpaired) electrons. The predicted octanol–water partition coefficient (Wildman–Crippen LogP) is 1.52. The van der Waals surface area contributed by atoms with E-state index in [9.17, 15) is 12.8 Å². The van der Waals surface area contributed by atoms with Crippen LogP contribution in [0.25, 0.3) is 0 Å². The zero-order chi connectivity index (χ0) is 12.9. The second kappa shape index (κ2) is 6.12. The van der Waals surface area contributed by atoms with Crippen molar-refractivity contribution in [3.8, 4) is 0 Å².